The first-order valence-electron chi connectivity index (χ1n) is 11.4. The molecule has 1 aliphatic rings. The Morgan fingerprint density at radius 3 is 2.39 bits per heavy atom. The number of nitrogen functional groups attached to an aromatic ring is 1. The minimum Gasteiger partial charge on any atom is -0.463 e. The number of aromatic amines is 1. The number of H-pyrrole nitrogens is 1. The zero-order valence-electron chi connectivity index (χ0n) is 18.9. The van der Waals surface area contributed by atoms with E-state index < -0.39 is 0 Å². The summed E-state index contributed by atoms with van der Waals surface area (Å²) in [4.78, 5) is 28.7. The first kappa shape index (κ1) is 23.5. The highest BCUT2D eigenvalue weighted by molar-refractivity contribution is 5.81. The van der Waals surface area contributed by atoms with Gasteiger partial charge in [0.2, 0.25) is 0 Å². The average molecular weight is 436 g/mol. The number of aromatic nitrogens is 4. The van der Waals surface area contributed by atoms with Crippen LogP contribution >= 0.6 is 0 Å². The second-order valence-electron chi connectivity index (χ2n) is 8.11. The summed E-state index contributed by atoms with van der Waals surface area (Å²) in [5.41, 5.74) is 6.82. The fraction of sp³-hybridized carbons (Fsp3) is 0.762. The third-order valence-corrected chi connectivity index (χ3v) is 5.79. The number of hydrogen-bond donors (Lipinski definition) is 2. The predicted molar refractivity (Wildman–Crippen MR) is 122 cm³/mol. The van der Waals surface area contributed by atoms with Crippen molar-refractivity contribution < 1.29 is 9.47 Å². The number of hydrogen-bond acceptors (Lipinski definition) is 8. The van der Waals surface area contributed by atoms with Gasteiger partial charge in [-0.3, -0.25) is 9.47 Å². The van der Waals surface area contributed by atoms with Gasteiger partial charge in [0.05, 0.1) is 13.2 Å². The molecule has 10 heteroatoms. The number of imidazole rings is 1. The molecule has 0 aliphatic carbocycles. The van der Waals surface area contributed by atoms with Crippen molar-refractivity contribution in [1.29, 1.82) is 0 Å². The fourth-order valence-electron chi connectivity index (χ4n) is 3.85. The Labute approximate surface area is 183 Å². The maximum absolute atomic E-state index is 12.4. The van der Waals surface area contributed by atoms with Gasteiger partial charge < -0.3 is 25.1 Å². The van der Waals surface area contributed by atoms with Crippen molar-refractivity contribution in [3.63, 3.8) is 0 Å². The number of fused-ring (bicyclic) bond motifs is 1. The molecule has 0 amide bonds. The van der Waals surface area contributed by atoms with Gasteiger partial charge >= 0.3 is 11.7 Å². The summed E-state index contributed by atoms with van der Waals surface area (Å²) in [6.45, 7) is 10.6. The van der Waals surface area contributed by atoms with Gasteiger partial charge in [0, 0.05) is 46.4 Å². The first-order valence-corrected chi connectivity index (χ1v) is 11.4. The van der Waals surface area contributed by atoms with Gasteiger partial charge in [-0.1, -0.05) is 19.8 Å². The Morgan fingerprint density at radius 2 is 1.68 bits per heavy atom. The van der Waals surface area contributed by atoms with Gasteiger partial charge in [-0.05, 0) is 25.8 Å². The minimum absolute atomic E-state index is 0.200. The normalized spacial score (nSPS) is 15.7. The van der Waals surface area contributed by atoms with E-state index in [-0.39, 0.29) is 17.5 Å². The molecule has 174 valence electrons. The zero-order valence-corrected chi connectivity index (χ0v) is 18.9. The summed E-state index contributed by atoms with van der Waals surface area (Å²) in [5.74, 6) is 0.247. The van der Waals surface area contributed by atoms with Gasteiger partial charge in [0.1, 0.15) is 5.52 Å². The maximum atomic E-state index is 12.4. The Balaban J connectivity index is 1.45. The quantitative estimate of drug-likeness (QED) is 0.453. The van der Waals surface area contributed by atoms with E-state index in [9.17, 15) is 4.79 Å². The largest absolute Gasteiger partial charge is 0.463 e. The highest BCUT2D eigenvalue weighted by Gasteiger charge is 2.16. The highest BCUT2D eigenvalue weighted by atomic mass is 16.5. The first-order chi connectivity index (χ1) is 15.1. The van der Waals surface area contributed by atoms with Crippen LogP contribution in [-0.2, 0) is 11.3 Å². The van der Waals surface area contributed by atoms with E-state index in [1.807, 2.05) is 0 Å². The summed E-state index contributed by atoms with van der Waals surface area (Å²) >= 11 is 0. The number of piperazine rings is 1. The minimum atomic E-state index is -0.200. The van der Waals surface area contributed by atoms with E-state index in [2.05, 4.69) is 31.7 Å². The van der Waals surface area contributed by atoms with Gasteiger partial charge in [0.15, 0.2) is 11.5 Å². The molecule has 0 saturated carbocycles. The van der Waals surface area contributed by atoms with Gasteiger partial charge in [-0.2, -0.15) is 9.97 Å². The number of ether oxygens (including phenoxy) is 2. The average Bonchev–Trinajstić information content (AvgIpc) is 3.09. The molecule has 31 heavy (non-hydrogen) atoms. The molecule has 3 heterocycles. The molecule has 3 N–H and O–H groups in total. The Kier molecular flexibility index (Phi) is 9.11. The lowest BCUT2D eigenvalue weighted by Gasteiger charge is -2.34. The van der Waals surface area contributed by atoms with E-state index in [1.165, 1.54) is 0 Å². The van der Waals surface area contributed by atoms with Crippen molar-refractivity contribution in [2.24, 2.45) is 0 Å². The number of nitrogens with one attached hydrogen (secondary N) is 1. The molecular formula is C21H37N7O3. The molecule has 2 aromatic rings. The van der Waals surface area contributed by atoms with Gasteiger partial charge in [-0.25, -0.2) is 4.79 Å². The number of methoxy groups -OCH3 is 1. The number of nitrogens with two attached hydrogens (primary N) is 1. The smallest absolute Gasteiger partial charge is 0.327 e. The number of nitrogens with zero attached hydrogens (tertiary/aromatic N) is 5. The van der Waals surface area contributed by atoms with Gasteiger partial charge in [-0.15, -0.1) is 0 Å². The standard InChI is InChI=1S/C21H37N7O3/c1-3-4-15-31-20-24-18(22)17-19(25-20)28(21(29)23-17)9-7-5-6-8-26-10-12-27(13-11-26)14-16-30-2/h3-16H2,1-2H3,(H,23,29)(H2,22,24,25). The second kappa shape index (κ2) is 12.0. The van der Waals surface area contributed by atoms with Crippen LogP contribution in [-0.4, -0.2) is 88.9 Å². The van der Waals surface area contributed by atoms with E-state index in [0.717, 1.165) is 78.0 Å². The number of aryl methyl sites for hydroxylation is 1. The Hall–Kier alpha value is -2.17. The third kappa shape index (κ3) is 6.65. The lowest BCUT2D eigenvalue weighted by molar-refractivity contribution is 0.0961. The molecule has 0 radical (unpaired) electrons. The molecular weight excluding hydrogens is 398 g/mol. The van der Waals surface area contributed by atoms with Gasteiger partial charge in [0.25, 0.3) is 0 Å². The molecule has 0 atom stereocenters. The number of rotatable bonds is 13. The third-order valence-electron chi connectivity index (χ3n) is 5.79. The van der Waals surface area contributed by atoms with Crippen LogP contribution < -0.4 is 16.2 Å². The van der Waals surface area contributed by atoms with Crippen LogP contribution in [0.25, 0.3) is 11.2 Å². The van der Waals surface area contributed by atoms with E-state index >= 15 is 0 Å². The fourth-order valence-corrected chi connectivity index (χ4v) is 3.85. The molecule has 10 nitrogen and oxygen atoms in total. The number of anilines is 1. The Bertz CT molecular complexity index is 859. The van der Waals surface area contributed by atoms with Crippen molar-refractivity contribution in [2.45, 2.75) is 45.6 Å². The summed E-state index contributed by atoms with van der Waals surface area (Å²) in [5, 5.41) is 0. The van der Waals surface area contributed by atoms with E-state index in [0.29, 0.717) is 24.3 Å². The van der Waals surface area contributed by atoms with Crippen molar-refractivity contribution in [1.82, 2.24) is 29.3 Å². The highest BCUT2D eigenvalue weighted by Crippen LogP contribution is 2.18. The van der Waals surface area contributed by atoms with Crippen LogP contribution in [0.5, 0.6) is 6.01 Å². The molecule has 0 unspecified atom stereocenters. The van der Waals surface area contributed by atoms with Crippen LogP contribution in [0.15, 0.2) is 4.79 Å². The summed E-state index contributed by atoms with van der Waals surface area (Å²) in [6.07, 6.45) is 5.04. The molecule has 0 aromatic carbocycles. The molecule has 0 spiro atoms. The Morgan fingerprint density at radius 1 is 0.968 bits per heavy atom. The molecule has 1 aliphatic heterocycles. The summed E-state index contributed by atoms with van der Waals surface area (Å²) in [7, 11) is 1.75. The van der Waals surface area contributed by atoms with Crippen LogP contribution in [0.2, 0.25) is 0 Å². The molecule has 2 aromatic heterocycles. The monoisotopic (exact) mass is 435 g/mol. The molecule has 1 fully saturated rings. The topological polar surface area (TPSA) is 115 Å². The van der Waals surface area contributed by atoms with Crippen LogP contribution in [0.3, 0.4) is 0 Å². The van der Waals surface area contributed by atoms with E-state index in [4.69, 9.17) is 15.2 Å². The number of unbranched alkanes of at least 4 members (excludes halogenated alkanes) is 3. The van der Waals surface area contributed by atoms with Crippen LogP contribution in [0, 0.1) is 0 Å². The summed E-state index contributed by atoms with van der Waals surface area (Å²) < 4.78 is 12.4. The molecule has 0 bridgehead atoms. The lowest BCUT2D eigenvalue weighted by Crippen LogP contribution is -2.47. The zero-order chi connectivity index (χ0) is 22.1. The maximum Gasteiger partial charge on any atom is 0.327 e. The van der Waals surface area contributed by atoms with Crippen molar-refractivity contribution in [3.05, 3.63) is 10.5 Å². The SMILES string of the molecule is CCCCOc1nc(N)c2[nH]c(=O)n(CCCCCN3CCN(CCOC)CC3)c2n1. The summed E-state index contributed by atoms with van der Waals surface area (Å²) in [6, 6.07) is 0.232. The van der Waals surface area contributed by atoms with Crippen LogP contribution in [0.1, 0.15) is 39.0 Å². The van der Waals surface area contributed by atoms with E-state index in [1.54, 1.807) is 11.7 Å². The molecule has 3 rings (SSSR count). The van der Waals surface area contributed by atoms with Crippen LogP contribution in [0.4, 0.5) is 5.82 Å². The predicted octanol–water partition coefficient (Wildman–Crippen LogP) is 1.32. The molecule has 1 saturated heterocycles. The van der Waals surface area contributed by atoms with Crippen molar-refractivity contribution in [2.75, 3.05) is 65.3 Å². The van der Waals surface area contributed by atoms with Crippen molar-refractivity contribution >= 4 is 17.0 Å². The lowest BCUT2D eigenvalue weighted by atomic mass is 10.2. The van der Waals surface area contributed by atoms with Crippen molar-refractivity contribution in [3.8, 4) is 6.01 Å². The second-order valence-corrected chi connectivity index (χ2v) is 8.11.